The molecule has 2 rings (SSSR count). The smallest absolute Gasteiger partial charge is 0.0950 e. The molecule has 1 aliphatic rings. The summed E-state index contributed by atoms with van der Waals surface area (Å²) in [6.07, 6.45) is 6.84. The molecule has 0 aromatic carbocycles. The summed E-state index contributed by atoms with van der Waals surface area (Å²) >= 11 is 0. The van der Waals surface area contributed by atoms with Crippen molar-refractivity contribution in [3.8, 4) is 0 Å². The molecule has 4 nitrogen and oxygen atoms in total. The number of hydrogen-bond acceptors (Lipinski definition) is 3. The van der Waals surface area contributed by atoms with Crippen LogP contribution in [0.3, 0.4) is 0 Å². The first-order chi connectivity index (χ1) is 7.88. The molecule has 1 fully saturated rings. The molecule has 0 aliphatic carbocycles. The Morgan fingerprint density at radius 2 is 2.12 bits per heavy atom. The second kappa shape index (κ2) is 6.01. The Morgan fingerprint density at radius 3 is 2.88 bits per heavy atom. The Kier molecular flexibility index (Phi) is 4.36. The lowest BCUT2D eigenvalue weighted by atomic mass is 10.4. The topological polar surface area (TPSA) is 33.1 Å². The molecule has 1 aliphatic heterocycles. The molecule has 90 valence electrons. The van der Waals surface area contributed by atoms with Gasteiger partial charge in [0.05, 0.1) is 12.0 Å². The zero-order valence-electron chi connectivity index (χ0n) is 10.2. The second-order valence-corrected chi connectivity index (χ2v) is 4.43. The van der Waals surface area contributed by atoms with Gasteiger partial charge in [0.1, 0.15) is 0 Å². The van der Waals surface area contributed by atoms with Crippen LogP contribution in [0.2, 0.25) is 0 Å². The molecule has 1 aromatic heterocycles. The SMILES string of the molecule is CCNCc1cn(CCN2CCCC2)cn1. The molecule has 0 spiro atoms. The summed E-state index contributed by atoms with van der Waals surface area (Å²) in [5.41, 5.74) is 1.14. The first-order valence-corrected chi connectivity index (χ1v) is 6.32. The molecule has 0 saturated carbocycles. The van der Waals surface area contributed by atoms with Crippen molar-refractivity contribution < 1.29 is 0 Å². The van der Waals surface area contributed by atoms with Crippen LogP contribution < -0.4 is 5.32 Å². The van der Waals surface area contributed by atoms with Crippen LogP contribution in [0.15, 0.2) is 12.5 Å². The van der Waals surface area contributed by atoms with Crippen molar-refractivity contribution in [3.05, 3.63) is 18.2 Å². The summed E-state index contributed by atoms with van der Waals surface area (Å²) in [7, 11) is 0. The largest absolute Gasteiger partial charge is 0.336 e. The van der Waals surface area contributed by atoms with Crippen molar-refractivity contribution in [2.24, 2.45) is 0 Å². The monoisotopic (exact) mass is 222 g/mol. The Morgan fingerprint density at radius 1 is 1.31 bits per heavy atom. The summed E-state index contributed by atoms with van der Waals surface area (Å²) in [5, 5.41) is 3.29. The fourth-order valence-electron chi connectivity index (χ4n) is 2.14. The van der Waals surface area contributed by atoms with Gasteiger partial charge in [0.15, 0.2) is 0 Å². The summed E-state index contributed by atoms with van der Waals surface area (Å²) in [4.78, 5) is 6.91. The fraction of sp³-hybridized carbons (Fsp3) is 0.750. The Hall–Kier alpha value is -0.870. The van der Waals surface area contributed by atoms with E-state index in [0.29, 0.717) is 0 Å². The van der Waals surface area contributed by atoms with Crippen molar-refractivity contribution in [1.82, 2.24) is 19.8 Å². The van der Waals surface area contributed by atoms with E-state index < -0.39 is 0 Å². The third-order valence-corrected chi connectivity index (χ3v) is 3.12. The van der Waals surface area contributed by atoms with Crippen LogP contribution in [0.1, 0.15) is 25.5 Å². The quantitative estimate of drug-likeness (QED) is 0.782. The van der Waals surface area contributed by atoms with Crippen LogP contribution >= 0.6 is 0 Å². The normalized spacial score (nSPS) is 17.1. The zero-order chi connectivity index (χ0) is 11.2. The number of hydrogen-bond donors (Lipinski definition) is 1. The Balaban J connectivity index is 1.73. The minimum Gasteiger partial charge on any atom is -0.336 e. The average Bonchev–Trinajstić information content (AvgIpc) is 2.95. The standard InChI is InChI=1S/C12H22N4/c1-2-13-9-12-10-16(11-14-12)8-7-15-5-3-4-6-15/h10-11,13H,2-9H2,1H3. The molecular weight excluding hydrogens is 200 g/mol. The molecule has 0 bridgehead atoms. The number of nitrogens with zero attached hydrogens (tertiary/aromatic N) is 3. The predicted molar refractivity (Wildman–Crippen MR) is 65.3 cm³/mol. The molecule has 1 saturated heterocycles. The van der Waals surface area contributed by atoms with Gasteiger partial charge in [-0.25, -0.2) is 4.98 Å². The summed E-state index contributed by atoms with van der Waals surface area (Å²) in [6, 6.07) is 0. The van der Waals surface area contributed by atoms with E-state index in [2.05, 4.69) is 32.9 Å². The molecule has 4 heteroatoms. The molecular formula is C12H22N4. The molecule has 0 radical (unpaired) electrons. The molecule has 0 atom stereocenters. The predicted octanol–water partition coefficient (Wildman–Crippen LogP) is 1.09. The summed E-state index contributed by atoms with van der Waals surface area (Å²) < 4.78 is 2.20. The van der Waals surface area contributed by atoms with Gasteiger partial charge in [-0.15, -0.1) is 0 Å². The highest BCUT2D eigenvalue weighted by molar-refractivity contribution is 4.96. The van der Waals surface area contributed by atoms with Gasteiger partial charge in [0.25, 0.3) is 0 Å². The van der Waals surface area contributed by atoms with E-state index in [4.69, 9.17) is 0 Å². The van der Waals surface area contributed by atoms with Crippen LogP contribution in [0, 0.1) is 0 Å². The fourth-order valence-corrected chi connectivity index (χ4v) is 2.14. The highest BCUT2D eigenvalue weighted by atomic mass is 15.2. The van der Waals surface area contributed by atoms with Gasteiger partial charge in [-0.1, -0.05) is 6.92 Å². The third kappa shape index (κ3) is 3.32. The molecule has 1 N–H and O–H groups in total. The zero-order valence-corrected chi connectivity index (χ0v) is 10.2. The van der Waals surface area contributed by atoms with E-state index in [9.17, 15) is 0 Å². The van der Waals surface area contributed by atoms with Crippen LogP contribution in [0.4, 0.5) is 0 Å². The van der Waals surface area contributed by atoms with Crippen molar-refractivity contribution >= 4 is 0 Å². The van der Waals surface area contributed by atoms with Gasteiger partial charge in [0, 0.05) is 25.8 Å². The van der Waals surface area contributed by atoms with Crippen LogP contribution in [-0.4, -0.2) is 40.6 Å². The number of imidazole rings is 1. The molecule has 2 heterocycles. The minimum absolute atomic E-state index is 0.882. The van der Waals surface area contributed by atoms with Gasteiger partial charge in [-0.3, -0.25) is 0 Å². The Labute approximate surface area is 97.7 Å². The van der Waals surface area contributed by atoms with Gasteiger partial charge in [0.2, 0.25) is 0 Å². The molecule has 1 aromatic rings. The van der Waals surface area contributed by atoms with Crippen LogP contribution in [-0.2, 0) is 13.1 Å². The summed E-state index contributed by atoms with van der Waals surface area (Å²) in [6.45, 7) is 8.78. The first kappa shape index (κ1) is 11.6. The van der Waals surface area contributed by atoms with E-state index in [1.54, 1.807) is 0 Å². The number of rotatable bonds is 6. The van der Waals surface area contributed by atoms with Gasteiger partial charge < -0.3 is 14.8 Å². The third-order valence-electron chi connectivity index (χ3n) is 3.12. The lowest BCUT2D eigenvalue weighted by Crippen LogP contribution is -2.23. The molecule has 0 amide bonds. The Bertz CT molecular complexity index is 302. The van der Waals surface area contributed by atoms with Gasteiger partial charge in [-0.2, -0.15) is 0 Å². The minimum atomic E-state index is 0.882. The van der Waals surface area contributed by atoms with Gasteiger partial charge in [-0.05, 0) is 32.5 Å². The lowest BCUT2D eigenvalue weighted by molar-refractivity contribution is 0.322. The molecule has 0 unspecified atom stereocenters. The number of likely N-dealkylation sites (tertiary alicyclic amines) is 1. The van der Waals surface area contributed by atoms with Crippen LogP contribution in [0.5, 0.6) is 0 Å². The van der Waals surface area contributed by atoms with E-state index in [1.165, 1.54) is 25.9 Å². The number of aromatic nitrogens is 2. The van der Waals surface area contributed by atoms with Crippen LogP contribution in [0.25, 0.3) is 0 Å². The second-order valence-electron chi connectivity index (χ2n) is 4.43. The number of nitrogens with one attached hydrogen (secondary N) is 1. The first-order valence-electron chi connectivity index (χ1n) is 6.32. The van der Waals surface area contributed by atoms with E-state index in [-0.39, 0.29) is 0 Å². The maximum absolute atomic E-state index is 4.38. The van der Waals surface area contributed by atoms with Crippen molar-refractivity contribution in [1.29, 1.82) is 0 Å². The van der Waals surface area contributed by atoms with E-state index >= 15 is 0 Å². The highest BCUT2D eigenvalue weighted by Crippen LogP contribution is 2.07. The van der Waals surface area contributed by atoms with Gasteiger partial charge >= 0.3 is 0 Å². The maximum atomic E-state index is 4.38. The highest BCUT2D eigenvalue weighted by Gasteiger charge is 2.10. The maximum Gasteiger partial charge on any atom is 0.0950 e. The molecule has 16 heavy (non-hydrogen) atoms. The van der Waals surface area contributed by atoms with E-state index in [1.807, 2.05) is 6.33 Å². The summed E-state index contributed by atoms with van der Waals surface area (Å²) in [5.74, 6) is 0. The van der Waals surface area contributed by atoms with Crippen molar-refractivity contribution in [2.45, 2.75) is 32.9 Å². The average molecular weight is 222 g/mol. The van der Waals surface area contributed by atoms with E-state index in [0.717, 1.165) is 31.9 Å². The van der Waals surface area contributed by atoms with Crippen molar-refractivity contribution in [3.63, 3.8) is 0 Å². The lowest BCUT2D eigenvalue weighted by Gasteiger charge is -2.14. The van der Waals surface area contributed by atoms with Crippen molar-refractivity contribution in [2.75, 3.05) is 26.2 Å².